The summed E-state index contributed by atoms with van der Waals surface area (Å²) in [7, 11) is 0. The summed E-state index contributed by atoms with van der Waals surface area (Å²) < 4.78 is 1.68. The molecule has 1 aromatic heterocycles. The van der Waals surface area contributed by atoms with Crippen molar-refractivity contribution in [1.82, 2.24) is 9.78 Å². The van der Waals surface area contributed by atoms with E-state index in [0.29, 0.717) is 15.2 Å². The smallest absolute Gasteiger partial charge is 0.136 e. The Morgan fingerprint density at radius 1 is 1.18 bits per heavy atom. The Hall–Kier alpha value is -0.700. The van der Waals surface area contributed by atoms with E-state index >= 15 is 0 Å². The van der Waals surface area contributed by atoms with Gasteiger partial charge in [0.05, 0.1) is 21.4 Å². The van der Waals surface area contributed by atoms with Crippen molar-refractivity contribution in [3.05, 3.63) is 44.7 Å². The Bertz CT molecular complexity index is 561. The SMILES string of the molecule is CCc1c(C)nn(-c2ccc(Cl)c(Cl)c2)c1Cl. The van der Waals surface area contributed by atoms with Crippen LogP contribution in [-0.2, 0) is 6.42 Å². The fraction of sp³-hybridized carbons (Fsp3) is 0.250. The third kappa shape index (κ3) is 2.30. The lowest BCUT2D eigenvalue weighted by molar-refractivity contribution is 0.863. The molecule has 1 heterocycles. The minimum atomic E-state index is 0.492. The molecule has 0 saturated heterocycles. The van der Waals surface area contributed by atoms with Gasteiger partial charge in [-0.2, -0.15) is 5.10 Å². The van der Waals surface area contributed by atoms with E-state index < -0.39 is 0 Å². The van der Waals surface area contributed by atoms with Crippen molar-refractivity contribution in [2.45, 2.75) is 20.3 Å². The highest BCUT2D eigenvalue weighted by molar-refractivity contribution is 6.42. The molecule has 0 unspecified atom stereocenters. The molecule has 0 spiro atoms. The summed E-state index contributed by atoms with van der Waals surface area (Å²) >= 11 is 18.1. The molecule has 2 rings (SSSR count). The first kappa shape index (κ1) is 12.7. The summed E-state index contributed by atoms with van der Waals surface area (Å²) in [6, 6.07) is 5.33. The monoisotopic (exact) mass is 288 g/mol. The molecule has 5 heteroatoms. The second kappa shape index (κ2) is 4.89. The molecule has 17 heavy (non-hydrogen) atoms. The van der Waals surface area contributed by atoms with Gasteiger partial charge in [-0.3, -0.25) is 0 Å². The van der Waals surface area contributed by atoms with Gasteiger partial charge in [0.25, 0.3) is 0 Å². The van der Waals surface area contributed by atoms with Gasteiger partial charge in [-0.1, -0.05) is 41.7 Å². The summed E-state index contributed by atoms with van der Waals surface area (Å²) in [6.07, 6.45) is 0.853. The molecule has 1 aromatic carbocycles. The van der Waals surface area contributed by atoms with E-state index in [4.69, 9.17) is 34.8 Å². The Kier molecular flexibility index (Phi) is 3.67. The van der Waals surface area contributed by atoms with Crippen LogP contribution in [0, 0.1) is 6.92 Å². The van der Waals surface area contributed by atoms with Crippen molar-refractivity contribution in [3.8, 4) is 5.69 Å². The lowest BCUT2D eigenvalue weighted by Crippen LogP contribution is -1.96. The average Bonchev–Trinajstić information content (AvgIpc) is 2.58. The van der Waals surface area contributed by atoms with Gasteiger partial charge >= 0.3 is 0 Å². The van der Waals surface area contributed by atoms with E-state index in [1.54, 1.807) is 16.8 Å². The number of halogens is 3. The molecule has 0 radical (unpaired) electrons. The maximum atomic E-state index is 6.28. The van der Waals surface area contributed by atoms with Gasteiger partial charge in [-0.05, 0) is 31.5 Å². The number of hydrogen-bond donors (Lipinski definition) is 0. The normalized spacial score (nSPS) is 10.9. The van der Waals surface area contributed by atoms with Crippen molar-refractivity contribution in [1.29, 1.82) is 0 Å². The van der Waals surface area contributed by atoms with E-state index in [1.165, 1.54) is 0 Å². The van der Waals surface area contributed by atoms with Crippen LogP contribution in [0.4, 0.5) is 0 Å². The lowest BCUT2D eigenvalue weighted by atomic mass is 10.2. The summed E-state index contributed by atoms with van der Waals surface area (Å²) in [6.45, 7) is 3.99. The molecule has 0 aliphatic heterocycles. The second-order valence-corrected chi connectivity index (χ2v) is 4.89. The van der Waals surface area contributed by atoms with Gasteiger partial charge < -0.3 is 0 Å². The first-order chi connectivity index (χ1) is 8.04. The topological polar surface area (TPSA) is 17.8 Å². The molecule has 90 valence electrons. The zero-order valence-corrected chi connectivity index (χ0v) is 11.7. The molecule has 0 atom stereocenters. The van der Waals surface area contributed by atoms with Gasteiger partial charge in [0.1, 0.15) is 5.15 Å². The molecule has 0 aliphatic carbocycles. The van der Waals surface area contributed by atoms with E-state index in [9.17, 15) is 0 Å². The predicted molar refractivity (Wildman–Crippen MR) is 72.7 cm³/mol. The van der Waals surface area contributed by atoms with Crippen LogP contribution in [-0.4, -0.2) is 9.78 Å². The average molecular weight is 290 g/mol. The first-order valence-corrected chi connectivity index (χ1v) is 6.37. The molecule has 0 N–H and O–H groups in total. The lowest BCUT2D eigenvalue weighted by Gasteiger charge is -2.04. The van der Waals surface area contributed by atoms with Crippen molar-refractivity contribution in [2.24, 2.45) is 0 Å². The standard InChI is InChI=1S/C12H11Cl3N2/c1-3-9-7(2)16-17(12(9)15)8-4-5-10(13)11(14)6-8/h4-6H,3H2,1-2H3. The molecule has 0 bridgehead atoms. The Morgan fingerprint density at radius 2 is 1.88 bits per heavy atom. The van der Waals surface area contributed by atoms with Crippen LogP contribution in [0.25, 0.3) is 5.69 Å². The van der Waals surface area contributed by atoms with Crippen LogP contribution in [0.1, 0.15) is 18.2 Å². The van der Waals surface area contributed by atoms with Crippen molar-refractivity contribution in [2.75, 3.05) is 0 Å². The van der Waals surface area contributed by atoms with E-state index in [1.807, 2.05) is 13.0 Å². The van der Waals surface area contributed by atoms with Crippen LogP contribution in [0.15, 0.2) is 18.2 Å². The van der Waals surface area contributed by atoms with Crippen LogP contribution < -0.4 is 0 Å². The summed E-state index contributed by atoms with van der Waals surface area (Å²) in [5.41, 5.74) is 2.80. The molecule has 0 saturated carbocycles. The number of nitrogens with zero attached hydrogens (tertiary/aromatic N) is 2. The van der Waals surface area contributed by atoms with E-state index in [0.717, 1.165) is 23.4 Å². The third-order valence-corrected chi connectivity index (χ3v) is 3.75. The van der Waals surface area contributed by atoms with Crippen molar-refractivity contribution < 1.29 is 0 Å². The van der Waals surface area contributed by atoms with Crippen LogP contribution >= 0.6 is 34.8 Å². The third-order valence-electron chi connectivity index (χ3n) is 2.62. The van der Waals surface area contributed by atoms with Crippen LogP contribution in [0.2, 0.25) is 15.2 Å². The summed E-state index contributed by atoms with van der Waals surface area (Å²) in [4.78, 5) is 0. The zero-order valence-electron chi connectivity index (χ0n) is 9.47. The number of benzene rings is 1. The zero-order chi connectivity index (χ0) is 12.6. The number of rotatable bonds is 2. The molecule has 0 aliphatic rings. The van der Waals surface area contributed by atoms with Gasteiger partial charge in [0, 0.05) is 5.56 Å². The number of hydrogen-bond acceptors (Lipinski definition) is 1. The Morgan fingerprint density at radius 3 is 2.41 bits per heavy atom. The molecule has 2 aromatic rings. The number of aromatic nitrogens is 2. The predicted octanol–water partition coefficient (Wildman–Crippen LogP) is 4.70. The van der Waals surface area contributed by atoms with Gasteiger partial charge in [-0.25, -0.2) is 4.68 Å². The second-order valence-electron chi connectivity index (χ2n) is 3.72. The quantitative estimate of drug-likeness (QED) is 0.783. The first-order valence-electron chi connectivity index (χ1n) is 5.24. The van der Waals surface area contributed by atoms with Crippen LogP contribution in [0.3, 0.4) is 0 Å². The van der Waals surface area contributed by atoms with Crippen molar-refractivity contribution >= 4 is 34.8 Å². The fourth-order valence-corrected chi connectivity index (χ4v) is 2.42. The van der Waals surface area contributed by atoms with Crippen molar-refractivity contribution in [3.63, 3.8) is 0 Å². The Balaban J connectivity index is 2.57. The summed E-state index contributed by atoms with van der Waals surface area (Å²) in [5, 5.41) is 6.04. The molecule has 0 fully saturated rings. The van der Waals surface area contributed by atoms with Gasteiger partial charge in [-0.15, -0.1) is 0 Å². The fourth-order valence-electron chi connectivity index (χ4n) is 1.72. The number of aryl methyl sites for hydroxylation is 1. The summed E-state index contributed by atoms with van der Waals surface area (Å²) in [5.74, 6) is 0. The molecule has 0 amide bonds. The molecular weight excluding hydrogens is 279 g/mol. The molecular formula is C12H11Cl3N2. The maximum Gasteiger partial charge on any atom is 0.136 e. The molecule has 2 nitrogen and oxygen atoms in total. The van der Waals surface area contributed by atoms with Crippen LogP contribution in [0.5, 0.6) is 0 Å². The largest absolute Gasteiger partial charge is 0.222 e. The maximum absolute atomic E-state index is 6.28. The van der Waals surface area contributed by atoms with Gasteiger partial charge in [0.2, 0.25) is 0 Å². The minimum Gasteiger partial charge on any atom is -0.222 e. The highest BCUT2D eigenvalue weighted by Crippen LogP contribution is 2.28. The Labute approximate surface area is 115 Å². The highest BCUT2D eigenvalue weighted by Gasteiger charge is 2.13. The minimum absolute atomic E-state index is 0.492. The van der Waals surface area contributed by atoms with Gasteiger partial charge in [0.15, 0.2) is 0 Å². The van der Waals surface area contributed by atoms with E-state index in [2.05, 4.69) is 12.0 Å². The highest BCUT2D eigenvalue weighted by atomic mass is 35.5. The van der Waals surface area contributed by atoms with E-state index in [-0.39, 0.29) is 0 Å².